The lowest BCUT2D eigenvalue weighted by Crippen LogP contribution is -2.46. The number of aromatic nitrogens is 3. The summed E-state index contributed by atoms with van der Waals surface area (Å²) in [7, 11) is 5.42. The molecule has 3 heterocycles. The lowest BCUT2D eigenvalue weighted by Gasteiger charge is -2.35. The molecule has 1 aliphatic heterocycles. The van der Waals surface area contributed by atoms with Crippen LogP contribution in [-0.2, 0) is 13.6 Å². The van der Waals surface area contributed by atoms with Crippen molar-refractivity contribution in [1.82, 2.24) is 19.4 Å². The van der Waals surface area contributed by atoms with E-state index in [-0.39, 0.29) is 0 Å². The molecule has 0 N–H and O–H groups in total. The van der Waals surface area contributed by atoms with Gasteiger partial charge in [-0.15, -0.1) is 0 Å². The van der Waals surface area contributed by atoms with Gasteiger partial charge in [-0.2, -0.15) is 0 Å². The summed E-state index contributed by atoms with van der Waals surface area (Å²) in [5.41, 5.74) is 2.13. The molecular weight excluding hydrogens is 342 g/mol. The first-order valence-electron chi connectivity index (χ1n) is 9.14. The average molecular weight is 367 g/mol. The van der Waals surface area contributed by atoms with Crippen LogP contribution in [0.3, 0.4) is 0 Å². The maximum Gasteiger partial charge on any atom is 0.145 e. The Morgan fingerprint density at radius 3 is 2.56 bits per heavy atom. The quantitative estimate of drug-likeness (QED) is 0.690. The van der Waals surface area contributed by atoms with Crippen LogP contribution in [0.5, 0.6) is 11.5 Å². The van der Waals surface area contributed by atoms with E-state index < -0.39 is 0 Å². The fourth-order valence-corrected chi connectivity index (χ4v) is 3.68. The van der Waals surface area contributed by atoms with Gasteiger partial charge < -0.3 is 18.9 Å². The third kappa shape index (κ3) is 3.42. The average Bonchev–Trinajstić information content (AvgIpc) is 3.10. The minimum absolute atomic E-state index is 0.846. The van der Waals surface area contributed by atoms with Crippen molar-refractivity contribution in [2.75, 3.05) is 45.3 Å². The number of hydrogen-bond acceptors (Lipinski definition) is 6. The number of benzene rings is 1. The summed E-state index contributed by atoms with van der Waals surface area (Å²) in [6, 6.07) is 8.05. The first-order chi connectivity index (χ1) is 13.2. The minimum Gasteiger partial charge on any atom is -0.497 e. The summed E-state index contributed by atoms with van der Waals surface area (Å²) in [6.45, 7) is 4.66. The number of fused-ring (bicyclic) bond motifs is 1. The number of methoxy groups -OCH3 is 2. The van der Waals surface area contributed by atoms with E-state index in [2.05, 4.69) is 31.9 Å². The van der Waals surface area contributed by atoms with Gasteiger partial charge >= 0.3 is 0 Å². The van der Waals surface area contributed by atoms with Gasteiger partial charge in [-0.25, -0.2) is 9.97 Å². The van der Waals surface area contributed by atoms with Gasteiger partial charge in [-0.05, 0) is 24.3 Å². The van der Waals surface area contributed by atoms with E-state index in [1.165, 1.54) is 0 Å². The highest BCUT2D eigenvalue weighted by Gasteiger charge is 2.21. The van der Waals surface area contributed by atoms with E-state index in [1.807, 2.05) is 29.9 Å². The monoisotopic (exact) mass is 367 g/mol. The van der Waals surface area contributed by atoms with E-state index in [0.29, 0.717) is 0 Å². The Morgan fingerprint density at radius 1 is 1.00 bits per heavy atom. The molecular formula is C20H25N5O2. The topological polar surface area (TPSA) is 55.7 Å². The number of piperazine rings is 1. The highest BCUT2D eigenvalue weighted by atomic mass is 16.5. The first-order valence-corrected chi connectivity index (χ1v) is 9.14. The number of rotatable bonds is 5. The van der Waals surface area contributed by atoms with Crippen molar-refractivity contribution in [2.24, 2.45) is 7.05 Å². The molecule has 27 heavy (non-hydrogen) atoms. The SMILES string of the molecule is COc1ccc(OC)c(CN2CCN(c3ncnc4c3ccn4C)CC2)c1. The standard InChI is InChI=1S/C20H25N5O2/c1-23-7-6-17-19(23)21-14-22-20(17)25-10-8-24(9-11-25)13-15-12-16(26-2)4-5-18(15)27-3/h4-7,12,14H,8-11,13H2,1-3H3. The second-order valence-electron chi connectivity index (χ2n) is 6.80. The van der Waals surface area contributed by atoms with Crippen LogP contribution >= 0.6 is 0 Å². The van der Waals surface area contributed by atoms with E-state index in [1.54, 1.807) is 20.5 Å². The molecule has 0 unspecified atom stereocenters. The largest absolute Gasteiger partial charge is 0.497 e. The van der Waals surface area contributed by atoms with Crippen molar-refractivity contribution in [3.8, 4) is 11.5 Å². The smallest absolute Gasteiger partial charge is 0.145 e. The molecule has 142 valence electrons. The van der Waals surface area contributed by atoms with E-state index in [4.69, 9.17) is 9.47 Å². The predicted octanol–water partition coefficient (Wildman–Crippen LogP) is 2.31. The van der Waals surface area contributed by atoms with Crippen LogP contribution in [0.25, 0.3) is 11.0 Å². The minimum atomic E-state index is 0.846. The Balaban J connectivity index is 1.46. The molecule has 1 saturated heterocycles. The molecule has 0 spiro atoms. The van der Waals surface area contributed by atoms with Crippen LogP contribution in [0, 0.1) is 0 Å². The van der Waals surface area contributed by atoms with Crippen molar-refractivity contribution in [1.29, 1.82) is 0 Å². The van der Waals surface area contributed by atoms with E-state index >= 15 is 0 Å². The molecule has 0 saturated carbocycles. The Labute approximate surface area is 159 Å². The number of ether oxygens (including phenoxy) is 2. The van der Waals surface area contributed by atoms with Gasteiger partial charge in [0.25, 0.3) is 0 Å². The van der Waals surface area contributed by atoms with Gasteiger partial charge in [0.2, 0.25) is 0 Å². The Morgan fingerprint density at radius 2 is 1.81 bits per heavy atom. The van der Waals surface area contributed by atoms with Crippen molar-refractivity contribution in [3.63, 3.8) is 0 Å². The molecule has 0 aliphatic carbocycles. The number of nitrogens with zero attached hydrogens (tertiary/aromatic N) is 5. The fourth-order valence-electron chi connectivity index (χ4n) is 3.68. The molecule has 7 heteroatoms. The molecule has 0 amide bonds. The van der Waals surface area contributed by atoms with Gasteiger partial charge in [0.15, 0.2) is 0 Å². The molecule has 0 atom stereocenters. The Hall–Kier alpha value is -2.80. The second kappa shape index (κ2) is 7.44. The van der Waals surface area contributed by atoms with E-state index in [0.717, 1.165) is 66.6 Å². The van der Waals surface area contributed by atoms with Crippen molar-refractivity contribution in [2.45, 2.75) is 6.54 Å². The highest BCUT2D eigenvalue weighted by molar-refractivity contribution is 5.87. The zero-order valence-electron chi connectivity index (χ0n) is 16.1. The van der Waals surface area contributed by atoms with Gasteiger partial charge in [0, 0.05) is 51.5 Å². The van der Waals surface area contributed by atoms with E-state index in [9.17, 15) is 0 Å². The van der Waals surface area contributed by atoms with Crippen molar-refractivity contribution in [3.05, 3.63) is 42.4 Å². The molecule has 0 radical (unpaired) electrons. The first kappa shape index (κ1) is 17.6. The molecule has 1 aromatic carbocycles. The summed E-state index contributed by atoms with van der Waals surface area (Å²) in [5, 5.41) is 1.11. The van der Waals surface area contributed by atoms with Crippen LogP contribution < -0.4 is 14.4 Å². The zero-order valence-corrected chi connectivity index (χ0v) is 16.1. The van der Waals surface area contributed by atoms with Crippen molar-refractivity contribution < 1.29 is 9.47 Å². The molecule has 3 aromatic rings. The number of hydrogen-bond donors (Lipinski definition) is 0. The summed E-state index contributed by atoms with van der Waals surface area (Å²) >= 11 is 0. The van der Waals surface area contributed by atoms with Crippen LogP contribution in [-0.4, -0.2) is 59.8 Å². The zero-order chi connectivity index (χ0) is 18.8. The van der Waals surface area contributed by atoms with Crippen LogP contribution in [0.15, 0.2) is 36.8 Å². The lowest BCUT2D eigenvalue weighted by molar-refractivity contribution is 0.245. The van der Waals surface area contributed by atoms with Crippen molar-refractivity contribution >= 4 is 16.9 Å². The number of aryl methyl sites for hydroxylation is 1. The summed E-state index contributed by atoms with van der Waals surface area (Å²) < 4.78 is 12.9. The predicted molar refractivity (Wildman–Crippen MR) is 106 cm³/mol. The maximum absolute atomic E-state index is 5.52. The molecule has 1 aliphatic rings. The molecule has 7 nitrogen and oxygen atoms in total. The summed E-state index contributed by atoms with van der Waals surface area (Å²) in [6.07, 6.45) is 3.69. The third-order valence-corrected chi connectivity index (χ3v) is 5.19. The van der Waals surface area contributed by atoms with Gasteiger partial charge in [-0.3, -0.25) is 4.90 Å². The van der Waals surface area contributed by atoms with Gasteiger partial charge in [0.05, 0.1) is 19.6 Å². The molecule has 0 bridgehead atoms. The molecule has 4 rings (SSSR count). The van der Waals surface area contributed by atoms with Crippen LogP contribution in [0.2, 0.25) is 0 Å². The lowest BCUT2D eigenvalue weighted by atomic mass is 10.1. The van der Waals surface area contributed by atoms with Gasteiger partial charge in [-0.1, -0.05) is 0 Å². The molecule has 1 fully saturated rings. The van der Waals surface area contributed by atoms with Crippen LogP contribution in [0.4, 0.5) is 5.82 Å². The molecule has 2 aromatic heterocycles. The second-order valence-corrected chi connectivity index (χ2v) is 6.80. The summed E-state index contributed by atoms with van der Waals surface area (Å²) in [5.74, 6) is 2.79. The summed E-state index contributed by atoms with van der Waals surface area (Å²) in [4.78, 5) is 13.7. The Kier molecular flexibility index (Phi) is 4.85. The van der Waals surface area contributed by atoms with Gasteiger partial charge in [0.1, 0.15) is 29.3 Å². The highest BCUT2D eigenvalue weighted by Crippen LogP contribution is 2.27. The van der Waals surface area contributed by atoms with Crippen LogP contribution in [0.1, 0.15) is 5.56 Å². The normalized spacial score (nSPS) is 15.3. The number of anilines is 1. The fraction of sp³-hybridized carbons (Fsp3) is 0.400. The third-order valence-electron chi connectivity index (χ3n) is 5.19. The maximum atomic E-state index is 5.52. The Bertz CT molecular complexity index is 931.